The lowest BCUT2D eigenvalue weighted by molar-refractivity contribution is -0.137. The van der Waals surface area contributed by atoms with Gasteiger partial charge in [-0.05, 0) is 19.1 Å². The number of carbonyl (C=O) groups is 1. The van der Waals surface area contributed by atoms with Gasteiger partial charge in [0, 0.05) is 36.3 Å². The molecule has 0 aromatic carbocycles. The molecular formula is C14H15N3O2S. The number of anilines is 1. The SMILES string of the molecule is CCOC(=O)C1=CN(c2ccnc3[nH]ccc23)CCS1. The van der Waals surface area contributed by atoms with Crippen LogP contribution in [0.5, 0.6) is 0 Å². The van der Waals surface area contributed by atoms with Crippen molar-refractivity contribution in [1.82, 2.24) is 9.97 Å². The molecule has 0 aliphatic carbocycles. The van der Waals surface area contributed by atoms with Crippen LogP contribution in [0.2, 0.25) is 0 Å². The van der Waals surface area contributed by atoms with Crippen LogP contribution in [-0.4, -0.2) is 34.8 Å². The van der Waals surface area contributed by atoms with E-state index in [4.69, 9.17) is 4.74 Å². The van der Waals surface area contributed by atoms with Gasteiger partial charge >= 0.3 is 5.97 Å². The summed E-state index contributed by atoms with van der Waals surface area (Å²) in [5.41, 5.74) is 1.91. The molecule has 0 unspecified atom stereocenters. The Hall–Kier alpha value is -1.95. The Bertz CT molecular complexity index is 665. The van der Waals surface area contributed by atoms with Gasteiger partial charge in [-0.25, -0.2) is 9.78 Å². The summed E-state index contributed by atoms with van der Waals surface area (Å²) < 4.78 is 5.06. The smallest absolute Gasteiger partial charge is 0.346 e. The number of rotatable bonds is 3. The highest BCUT2D eigenvalue weighted by Crippen LogP contribution is 2.30. The van der Waals surface area contributed by atoms with E-state index in [-0.39, 0.29) is 5.97 Å². The number of carbonyl (C=O) groups excluding carboxylic acids is 1. The number of hydrogen-bond donors (Lipinski definition) is 1. The van der Waals surface area contributed by atoms with Gasteiger partial charge in [0.25, 0.3) is 0 Å². The van der Waals surface area contributed by atoms with Crippen LogP contribution in [0.25, 0.3) is 11.0 Å². The molecule has 20 heavy (non-hydrogen) atoms. The minimum absolute atomic E-state index is 0.249. The molecule has 1 aliphatic rings. The van der Waals surface area contributed by atoms with E-state index in [1.54, 1.807) is 6.20 Å². The van der Waals surface area contributed by atoms with Crippen LogP contribution in [0, 0.1) is 0 Å². The Morgan fingerprint density at radius 2 is 2.45 bits per heavy atom. The van der Waals surface area contributed by atoms with E-state index < -0.39 is 0 Å². The molecule has 0 bridgehead atoms. The molecule has 0 radical (unpaired) electrons. The van der Waals surface area contributed by atoms with E-state index in [1.165, 1.54) is 11.8 Å². The molecule has 5 nitrogen and oxygen atoms in total. The lowest BCUT2D eigenvalue weighted by Gasteiger charge is -2.26. The standard InChI is InChI=1S/C14H15N3O2S/c1-2-19-14(18)12-9-17(7-8-20-12)11-4-6-16-13-10(11)3-5-15-13/h3-6,9H,2,7-8H2,1H3,(H,15,16). The highest BCUT2D eigenvalue weighted by atomic mass is 32.2. The normalized spacial score (nSPS) is 15.2. The number of nitrogens with one attached hydrogen (secondary N) is 1. The van der Waals surface area contributed by atoms with Crippen molar-refractivity contribution in [2.24, 2.45) is 0 Å². The molecule has 104 valence electrons. The summed E-state index contributed by atoms with van der Waals surface area (Å²) in [5, 5.41) is 1.05. The number of thioether (sulfide) groups is 1. The first-order valence-electron chi connectivity index (χ1n) is 6.50. The van der Waals surface area contributed by atoms with Gasteiger partial charge in [-0.3, -0.25) is 0 Å². The molecule has 0 spiro atoms. The molecule has 3 rings (SSSR count). The van der Waals surface area contributed by atoms with E-state index in [9.17, 15) is 4.79 Å². The zero-order valence-corrected chi connectivity index (χ0v) is 11.9. The summed E-state index contributed by atoms with van der Waals surface area (Å²) in [6.45, 7) is 3.07. The number of nitrogens with zero attached hydrogens (tertiary/aromatic N) is 2. The Morgan fingerprint density at radius 1 is 1.55 bits per heavy atom. The maximum Gasteiger partial charge on any atom is 0.346 e. The van der Waals surface area contributed by atoms with Crippen LogP contribution in [0.3, 0.4) is 0 Å². The zero-order valence-electron chi connectivity index (χ0n) is 11.1. The molecule has 0 saturated heterocycles. The summed E-state index contributed by atoms with van der Waals surface area (Å²) in [5.74, 6) is 0.611. The molecule has 1 aliphatic heterocycles. The van der Waals surface area contributed by atoms with Crippen molar-refractivity contribution in [3.05, 3.63) is 35.6 Å². The van der Waals surface area contributed by atoms with Crippen molar-refractivity contribution in [3.8, 4) is 0 Å². The number of esters is 1. The summed E-state index contributed by atoms with van der Waals surface area (Å²) in [7, 11) is 0. The van der Waals surface area contributed by atoms with E-state index in [0.717, 1.165) is 29.0 Å². The third-order valence-electron chi connectivity index (χ3n) is 3.09. The number of aromatic amines is 1. The monoisotopic (exact) mass is 289 g/mol. The predicted octanol–water partition coefficient (Wildman–Crippen LogP) is 2.52. The van der Waals surface area contributed by atoms with Crippen molar-refractivity contribution in [3.63, 3.8) is 0 Å². The Labute approximate surface area is 121 Å². The number of fused-ring (bicyclic) bond motifs is 1. The molecule has 0 saturated carbocycles. The number of H-pyrrole nitrogens is 1. The van der Waals surface area contributed by atoms with Crippen LogP contribution >= 0.6 is 11.8 Å². The fourth-order valence-corrected chi connectivity index (χ4v) is 3.08. The van der Waals surface area contributed by atoms with Gasteiger partial charge in [0.1, 0.15) is 10.6 Å². The second-order valence-electron chi connectivity index (χ2n) is 4.33. The largest absolute Gasteiger partial charge is 0.462 e. The Balaban J connectivity index is 1.95. The molecule has 2 aromatic rings. The fourth-order valence-electron chi connectivity index (χ4n) is 2.20. The van der Waals surface area contributed by atoms with Gasteiger partial charge in [-0.15, -0.1) is 11.8 Å². The van der Waals surface area contributed by atoms with Gasteiger partial charge < -0.3 is 14.6 Å². The summed E-state index contributed by atoms with van der Waals surface area (Å²) in [4.78, 5) is 21.9. The van der Waals surface area contributed by atoms with Gasteiger partial charge in [0.2, 0.25) is 0 Å². The number of pyridine rings is 1. The van der Waals surface area contributed by atoms with Crippen LogP contribution in [-0.2, 0) is 9.53 Å². The van der Waals surface area contributed by atoms with E-state index in [0.29, 0.717) is 11.5 Å². The number of hydrogen-bond acceptors (Lipinski definition) is 5. The average molecular weight is 289 g/mol. The minimum Gasteiger partial charge on any atom is -0.462 e. The molecule has 6 heteroatoms. The number of ether oxygens (including phenoxy) is 1. The van der Waals surface area contributed by atoms with E-state index >= 15 is 0 Å². The second kappa shape index (κ2) is 5.58. The third kappa shape index (κ3) is 2.38. The molecule has 3 heterocycles. The maximum atomic E-state index is 11.8. The van der Waals surface area contributed by atoms with Crippen LogP contribution in [0.1, 0.15) is 6.92 Å². The molecule has 1 N–H and O–H groups in total. The first kappa shape index (κ1) is 13.1. The Kier molecular flexibility index (Phi) is 3.64. The fraction of sp³-hybridized carbons (Fsp3) is 0.286. The van der Waals surface area contributed by atoms with Crippen molar-refractivity contribution in [2.75, 3.05) is 23.8 Å². The van der Waals surface area contributed by atoms with Crippen LogP contribution in [0.15, 0.2) is 35.6 Å². The Morgan fingerprint density at radius 3 is 3.30 bits per heavy atom. The highest BCUT2D eigenvalue weighted by Gasteiger charge is 2.20. The van der Waals surface area contributed by atoms with Crippen LogP contribution < -0.4 is 4.90 Å². The van der Waals surface area contributed by atoms with Crippen molar-refractivity contribution in [2.45, 2.75) is 6.92 Å². The second-order valence-corrected chi connectivity index (χ2v) is 5.46. The van der Waals surface area contributed by atoms with Gasteiger partial charge in [-0.2, -0.15) is 0 Å². The lowest BCUT2D eigenvalue weighted by atomic mass is 10.2. The average Bonchev–Trinajstić information content (AvgIpc) is 2.96. The summed E-state index contributed by atoms with van der Waals surface area (Å²) in [6, 6.07) is 3.96. The minimum atomic E-state index is -0.249. The van der Waals surface area contributed by atoms with Crippen molar-refractivity contribution >= 4 is 34.5 Å². The number of aromatic nitrogens is 2. The predicted molar refractivity (Wildman–Crippen MR) is 80.6 cm³/mol. The third-order valence-corrected chi connectivity index (χ3v) is 4.06. The molecule has 2 aromatic heterocycles. The van der Waals surface area contributed by atoms with Crippen LogP contribution in [0.4, 0.5) is 5.69 Å². The van der Waals surface area contributed by atoms with Crippen molar-refractivity contribution < 1.29 is 9.53 Å². The quantitative estimate of drug-likeness (QED) is 0.880. The highest BCUT2D eigenvalue weighted by molar-refractivity contribution is 8.04. The van der Waals surface area contributed by atoms with Gasteiger partial charge in [-0.1, -0.05) is 0 Å². The zero-order chi connectivity index (χ0) is 13.9. The summed E-state index contributed by atoms with van der Waals surface area (Å²) in [6.07, 6.45) is 5.51. The first-order chi connectivity index (χ1) is 9.79. The van der Waals surface area contributed by atoms with E-state index in [1.807, 2.05) is 31.5 Å². The first-order valence-corrected chi connectivity index (χ1v) is 7.48. The maximum absolute atomic E-state index is 11.8. The van der Waals surface area contributed by atoms with Gasteiger partial charge in [0.05, 0.1) is 12.3 Å². The molecular weight excluding hydrogens is 274 g/mol. The molecule has 0 atom stereocenters. The topological polar surface area (TPSA) is 58.2 Å². The van der Waals surface area contributed by atoms with Crippen molar-refractivity contribution in [1.29, 1.82) is 0 Å². The van der Waals surface area contributed by atoms with E-state index in [2.05, 4.69) is 14.9 Å². The molecule has 0 amide bonds. The van der Waals surface area contributed by atoms with Gasteiger partial charge in [0.15, 0.2) is 0 Å². The summed E-state index contributed by atoms with van der Waals surface area (Å²) >= 11 is 1.54. The molecule has 0 fully saturated rings. The lowest BCUT2D eigenvalue weighted by Crippen LogP contribution is -2.25.